The second-order valence-corrected chi connectivity index (χ2v) is 6.22. The van der Waals surface area contributed by atoms with E-state index in [2.05, 4.69) is 5.32 Å². The summed E-state index contributed by atoms with van der Waals surface area (Å²) in [5.74, 6) is 0.309. The number of hydrogen-bond donors (Lipinski definition) is 2. The van der Waals surface area contributed by atoms with Gasteiger partial charge in [0.05, 0.1) is 15.7 Å². The molecule has 0 saturated heterocycles. The lowest BCUT2D eigenvalue weighted by atomic mass is 10.2. The number of nitrogen functional groups attached to an aromatic ring is 1. The number of carbonyl (C=O) groups is 1. The molecule has 1 atom stereocenters. The molecule has 0 heterocycles. The maximum atomic E-state index is 12.1. The predicted molar refractivity (Wildman–Crippen MR) is 72.6 cm³/mol. The third kappa shape index (κ3) is 3.57. The van der Waals surface area contributed by atoms with Crippen LogP contribution in [0, 0.1) is 6.92 Å². The molecular formula is C13H18N2O2S. The first kappa shape index (κ1) is 13.1. The van der Waals surface area contributed by atoms with Crippen LogP contribution in [0.2, 0.25) is 0 Å². The molecule has 1 saturated carbocycles. The van der Waals surface area contributed by atoms with Gasteiger partial charge in [-0.3, -0.25) is 9.00 Å². The smallest absolute Gasteiger partial charge is 0.221 e. The van der Waals surface area contributed by atoms with Crippen molar-refractivity contribution >= 4 is 22.4 Å². The fraction of sp³-hybridized carbons (Fsp3) is 0.462. The lowest BCUT2D eigenvalue weighted by molar-refractivity contribution is -0.120. The number of amides is 1. The summed E-state index contributed by atoms with van der Waals surface area (Å²) in [6, 6.07) is 5.82. The quantitative estimate of drug-likeness (QED) is 0.790. The Labute approximate surface area is 109 Å². The lowest BCUT2D eigenvalue weighted by Crippen LogP contribution is -2.26. The van der Waals surface area contributed by atoms with E-state index in [0.29, 0.717) is 22.4 Å². The monoisotopic (exact) mass is 266 g/mol. The third-order valence-electron chi connectivity index (χ3n) is 2.87. The summed E-state index contributed by atoms with van der Waals surface area (Å²) in [5, 5.41) is 2.88. The van der Waals surface area contributed by atoms with E-state index in [1.807, 2.05) is 19.1 Å². The summed E-state index contributed by atoms with van der Waals surface area (Å²) in [6.07, 6.45) is 2.43. The molecule has 0 radical (unpaired) electrons. The first-order valence-corrected chi connectivity index (χ1v) is 7.42. The van der Waals surface area contributed by atoms with E-state index in [4.69, 9.17) is 5.73 Å². The molecule has 0 spiro atoms. The minimum Gasteiger partial charge on any atom is -0.398 e. The van der Waals surface area contributed by atoms with Crippen LogP contribution in [0.3, 0.4) is 0 Å². The average molecular weight is 266 g/mol. The maximum Gasteiger partial charge on any atom is 0.221 e. The van der Waals surface area contributed by atoms with E-state index in [1.54, 1.807) is 6.07 Å². The number of nitrogens with one attached hydrogen (secondary N) is 1. The van der Waals surface area contributed by atoms with E-state index < -0.39 is 10.8 Å². The van der Waals surface area contributed by atoms with Crippen LogP contribution in [0.15, 0.2) is 23.1 Å². The molecular weight excluding hydrogens is 248 g/mol. The zero-order valence-corrected chi connectivity index (χ0v) is 11.3. The van der Waals surface area contributed by atoms with Crippen LogP contribution in [-0.4, -0.2) is 21.9 Å². The molecule has 3 N–H and O–H groups in total. The molecule has 1 aromatic rings. The van der Waals surface area contributed by atoms with Gasteiger partial charge >= 0.3 is 0 Å². The number of nitrogens with two attached hydrogens (primary N) is 1. The van der Waals surface area contributed by atoms with Crippen LogP contribution < -0.4 is 11.1 Å². The summed E-state index contributed by atoms with van der Waals surface area (Å²) in [6.45, 7) is 1.93. The number of benzene rings is 1. The summed E-state index contributed by atoms with van der Waals surface area (Å²) in [4.78, 5) is 12.1. The number of hydrogen-bond acceptors (Lipinski definition) is 3. The Morgan fingerprint density at radius 2 is 2.22 bits per heavy atom. The molecule has 18 heavy (non-hydrogen) atoms. The zero-order valence-electron chi connectivity index (χ0n) is 10.4. The van der Waals surface area contributed by atoms with Crippen molar-refractivity contribution < 1.29 is 9.00 Å². The maximum absolute atomic E-state index is 12.1. The van der Waals surface area contributed by atoms with E-state index in [-0.39, 0.29) is 12.3 Å². The van der Waals surface area contributed by atoms with E-state index in [1.165, 1.54) is 0 Å². The Balaban J connectivity index is 1.90. The lowest BCUT2D eigenvalue weighted by Gasteiger charge is -2.07. The molecule has 1 aromatic carbocycles. The van der Waals surface area contributed by atoms with E-state index in [0.717, 1.165) is 18.4 Å². The Bertz CT molecular complexity index is 484. The van der Waals surface area contributed by atoms with Gasteiger partial charge in [-0.1, -0.05) is 6.07 Å². The molecule has 2 rings (SSSR count). The van der Waals surface area contributed by atoms with Gasteiger partial charge in [-0.05, 0) is 37.5 Å². The van der Waals surface area contributed by atoms with Crippen LogP contribution in [0.1, 0.15) is 24.8 Å². The van der Waals surface area contributed by atoms with Crippen LogP contribution >= 0.6 is 0 Å². The first-order valence-electron chi connectivity index (χ1n) is 6.10. The van der Waals surface area contributed by atoms with Crippen molar-refractivity contribution in [3.05, 3.63) is 23.8 Å². The van der Waals surface area contributed by atoms with E-state index >= 15 is 0 Å². The Kier molecular flexibility index (Phi) is 4.01. The van der Waals surface area contributed by atoms with Crippen molar-refractivity contribution in [1.29, 1.82) is 0 Å². The van der Waals surface area contributed by atoms with Gasteiger partial charge in [0.2, 0.25) is 5.91 Å². The largest absolute Gasteiger partial charge is 0.398 e. The number of rotatable bonds is 5. The normalized spacial score (nSPS) is 16.3. The SMILES string of the molecule is Cc1ccc(N)c(S(=O)CCC(=O)NC2CC2)c1. The Morgan fingerprint density at radius 3 is 2.89 bits per heavy atom. The number of anilines is 1. The second kappa shape index (κ2) is 5.52. The number of carbonyl (C=O) groups excluding carboxylic acids is 1. The van der Waals surface area contributed by atoms with E-state index in [9.17, 15) is 9.00 Å². The second-order valence-electron chi connectivity index (χ2n) is 4.68. The molecule has 0 aliphatic heterocycles. The fourth-order valence-corrected chi connectivity index (χ4v) is 2.90. The molecule has 1 aliphatic carbocycles. The molecule has 0 aromatic heterocycles. The minimum absolute atomic E-state index is 0.0166. The average Bonchev–Trinajstić information content (AvgIpc) is 3.13. The molecule has 4 nitrogen and oxygen atoms in total. The molecule has 1 aliphatic rings. The van der Waals surface area contributed by atoms with Gasteiger partial charge in [-0.25, -0.2) is 0 Å². The van der Waals surface area contributed by atoms with Crippen molar-refractivity contribution in [1.82, 2.24) is 5.32 Å². The van der Waals surface area contributed by atoms with Gasteiger partial charge in [0.15, 0.2) is 0 Å². The Hall–Kier alpha value is -1.36. The molecule has 5 heteroatoms. The van der Waals surface area contributed by atoms with Gasteiger partial charge in [0.1, 0.15) is 0 Å². The van der Waals surface area contributed by atoms with Gasteiger partial charge in [0, 0.05) is 23.9 Å². The molecule has 1 fully saturated rings. The van der Waals surface area contributed by atoms with Crippen LogP contribution in [0.4, 0.5) is 5.69 Å². The van der Waals surface area contributed by atoms with Crippen molar-refractivity contribution in [3.63, 3.8) is 0 Å². The number of aryl methyl sites for hydroxylation is 1. The third-order valence-corrected chi connectivity index (χ3v) is 4.29. The first-order chi connectivity index (χ1) is 8.56. The van der Waals surface area contributed by atoms with Crippen LogP contribution in [0.25, 0.3) is 0 Å². The summed E-state index contributed by atoms with van der Waals surface area (Å²) in [7, 11) is -1.21. The zero-order chi connectivity index (χ0) is 13.1. The van der Waals surface area contributed by atoms with Gasteiger partial charge in [-0.2, -0.15) is 0 Å². The highest BCUT2D eigenvalue weighted by Gasteiger charge is 2.23. The van der Waals surface area contributed by atoms with Gasteiger partial charge in [-0.15, -0.1) is 0 Å². The summed E-state index contributed by atoms with van der Waals surface area (Å²) < 4.78 is 12.1. The van der Waals surface area contributed by atoms with Crippen LogP contribution in [-0.2, 0) is 15.6 Å². The summed E-state index contributed by atoms with van der Waals surface area (Å²) >= 11 is 0. The minimum atomic E-state index is -1.21. The van der Waals surface area contributed by atoms with Gasteiger partial charge in [0.25, 0.3) is 0 Å². The molecule has 98 valence electrons. The Morgan fingerprint density at radius 1 is 1.50 bits per heavy atom. The van der Waals surface area contributed by atoms with Crippen molar-refractivity contribution in [2.45, 2.75) is 37.1 Å². The van der Waals surface area contributed by atoms with Crippen LogP contribution in [0.5, 0.6) is 0 Å². The predicted octanol–water partition coefficient (Wildman–Crippen LogP) is 1.35. The van der Waals surface area contributed by atoms with Crippen molar-refractivity contribution in [2.75, 3.05) is 11.5 Å². The van der Waals surface area contributed by atoms with Crippen molar-refractivity contribution in [2.24, 2.45) is 0 Å². The topological polar surface area (TPSA) is 72.2 Å². The summed E-state index contributed by atoms with van der Waals surface area (Å²) in [5.41, 5.74) is 7.35. The van der Waals surface area contributed by atoms with Gasteiger partial charge < -0.3 is 11.1 Å². The highest BCUT2D eigenvalue weighted by atomic mass is 32.2. The molecule has 0 bridgehead atoms. The molecule has 1 unspecified atom stereocenters. The standard InChI is InChI=1S/C13H18N2O2S/c1-9-2-5-11(14)12(8-9)18(17)7-6-13(16)15-10-3-4-10/h2,5,8,10H,3-4,6-7,14H2,1H3,(H,15,16). The van der Waals surface area contributed by atoms with Crippen molar-refractivity contribution in [3.8, 4) is 0 Å². The highest BCUT2D eigenvalue weighted by Crippen LogP contribution is 2.20. The highest BCUT2D eigenvalue weighted by molar-refractivity contribution is 7.85. The fourth-order valence-electron chi connectivity index (χ4n) is 1.66. The molecule has 1 amide bonds.